The first-order chi connectivity index (χ1) is 10.2. The highest BCUT2D eigenvalue weighted by Crippen LogP contribution is 2.26. The van der Waals surface area contributed by atoms with Crippen molar-refractivity contribution in [2.24, 2.45) is 0 Å². The van der Waals surface area contributed by atoms with Crippen LogP contribution in [0, 0.1) is 6.92 Å². The molecule has 1 N–H and O–H groups in total. The lowest BCUT2D eigenvalue weighted by Crippen LogP contribution is -2.07. The summed E-state index contributed by atoms with van der Waals surface area (Å²) in [5.41, 5.74) is 4.72. The van der Waals surface area contributed by atoms with Crippen molar-refractivity contribution in [3.63, 3.8) is 0 Å². The van der Waals surface area contributed by atoms with E-state index in [4.69, 9.17) is 4.98 Å². The van der Waals surface area contributed by atoms with E-state index in [2.05, 4.69) is 62.3 Å². The molecule has 0 atom stereocenters. The lowest BCUT2D eigenvalue weighted by Gasteiger charge is -2.13. The minimum absolute atomic E-state index is 0.847. The highest BCUT2D eigenvalue weighted by atomic mass is 15.0. The number of nitrogens with zero attached hydrogens (tertiary/aromatic N) is 2. The lowest BCUT2D eigenvalue weighted by molar-refractivity contribution is 0.920. The Morgan fingerprint density at radius 2 is 1.71 bits per heavy atom. The molecule has 0 saturated carbocycles. The highest BCUT2D eigenvalue weighted by molar-refractivity contribution is 5.68. The van der Waals surface area contributed by atoms with Gasteiger partial charge in [0.1, 0.15) is 11.6 Å². The fraction of sp³-hybridized carbons (Fsp3) is 0.444. The van der Waals surface area contributed by atoms with E-state index >= 15 is 0 Å². The molecule has 1 heterocycles. The van der Waals surface area contributed by atoms with Gasteiger partial charge in [-0.05, 0) is 25.8 Å². The number of rotatable bonds is 6. The SMILES string of the molecule is CCCc1ccc(-c2nc(CC)nc(NCC)c2C)cc1. The van der Waals surface area contributed by atoms with E-state index in [-0.39, 0.29) is 0 Å². The summed E-state index contributed by atoms with van der Waals surface area (Å²) in [4.78, 5) is 9.32. The number of nitrogens with one attached hydrogen (secondary N) is 1. The first-order valence-corrected chi connectivity index (χ1v) is 7.90. The Balaban J connectivity index is 2.43. The van der Waals surface area contributed by atoms with Crippen molar-refractivity contribution in [3.05, 3.63) is 41.2 Å². The molecular formula is C18H25N3. The van der Waals surface area contributed by atoms with Crippen LogP contribution in [0.1, 0.15) is 44.1 Å². The van der Waals surface area contributed by atoms with Gasteiger partial charge in [0.2, 0.25) is 0 Å². The summed E-state index contributed by atoms with van der Waals surface area (Å²) < 4.78 is 0. The van der Waals surface area contributed by atoms with Crippen LogP contribution < -0.4 is 5.32 Å². The fourth-order valence-corrected chi connectivity index (χ4v) is 2.46. The van der Waals surface area contributed by atoms with Crippen LogP contribution in [0.5, 0.6) is 0 Å². The van der Waals surface area contributed by atoms with Crippen LogP contribution in [-0.4, -0.2) is 16.5 Å². The van der Waals surface area contributed by atoms with Crippen LogP contribution >= 0.6 is 0 Å². The maximum atomic E-state index is 4.73. The average Bonchev–Trinajstić information content (AvgIpc) is 2.51. The van der Waals surface area contributed by atoms with Crippen molar-refractivity contribution < 1.29 is 0 Å². The predicted octanol–water partition coefficient (Wildman–Crippen LogP) is 4.40. The van der Waals surface area contributed by atoms with Crippen LogP contribution in [0.2, 0.25) is 0 Å². The second-order valence-electron chi connectivity index (χ2n) is 5.29. The summed E-state index contributed by atoms with van der Waals surface area (Å²) in [6.45, 7) is 9.35. The molecule has 2 rings (SSSR count). The zero-order chi connectivity index (χ0) is 15.2. The van der Waals surface area contributed by atoms with E-state index in [1.807, 2.05) is 0 Å². The first kappa shape index (κ1) is 15.5. The molecule has 0 radical (unpaired) electrons. The zero-order valence-corrected chi connectivity index (χ0v) is 13.5. The van der Waals surface area contributed by atoms with Crippen LogP contribution in [0.15, 0.2) is 24.3 Å². The molecule has 0 spiro atoms. The fourth-order valence-electron chi connectivity index (χ4n) is 2.46. The smallest absolute Gasteiger partial charge is 0.133 e. The van der Waals surface area contributed by atoms with Gasteiger partial charge in [-0.1, -0.05) is 44.5 Å². The molecule has 0 fully saturated rings. The van der Waals surface area contributed by atoms with E-state index in [1.54, 1.807) is 0 Å². The Kier molecular flexibility index (Phi) is 5.32. The molecule has 0 saturated heterocycles. The Bertz CT molecular complexity index is 588. The van der Waals surface area contributed by atoms with Gasteiger partial charge in [-0.15, -0.1) is 0 Å². The number of hydrogen-bond acceptors (Lipinski definition) is 3. The minimum Gasteiger partial charge on any atom is -0.370 e. The quantitative estimate of drug-likeness (QED) is 0.854. The maximum absolute atomic E-state index is 4.73. The monoisotopic (exact) mass is 283 g/mol. The summed E-state index contributed by atoms with van der Waals surface area (Å²) in [5, 5.41) is 3.34. The van der Waals surface area contributed by atoms with Crippen LogP contribution in [0.25, 0.3) is 11.3 Å². The van der Waals surface area contributed by atoms with Crippen LogP contribution in [0.3, 0.4) is 0 Å². The summed E-state index contributed by atoms with van der Waals surface area (Å²) in [5.74, 6) is 1.85. The number of benzene rings is 1. The second kappa shape index (κ2) is 7.21. The summed E-state index contributed by atoms with van der Waals surface area (Å²) in [6.07, 6.45) is 3.15. The van der Waals surface area contributed by atoms with Gasteiger partial charge in [0.05, 0.1) is 5.69 Å². The number of aromatic nitrogens is 2. The third-order valence-electron chi connectivity index (χ3n) is 3.62. The molecule has 2 aromatic rings. The molecule has 0 aliphatic heterocycles. The van der Waals surface area contributed by atoms with Gasteiger partial charge in [-0.25, -0.2) is 9.97 Å². The summed E-state index contributed by atoms with van der Waals surface area (Å²) in [7, 11) is 0. The highest BCUT2D eigenvalue weighted by Gasteiger charge is 2.11. The molecular weight excluding hydrogens is 258 g/mol. The Labute approximate surface area is 127 Å². The number of hydrogen-bond donors (Lipinski definition) is 1. The van der Waals surface area contributed by atoms with Gasteiger partial charge in [0, 0.05) is 24.1 Å². The van der Waals surface area contributed by atoms with Crippen molar-refractivity contribution >= 4 is 5.82 Å². The largest absolute Gasteiger partial charge is 0.370 e. The Hall–Kier alpha value is -1.90. The second-order valence-corrected chi connectivity index (χ2v) is 5.29. The van der Waals surface area contributed by atoms with E-state index in [9.17, 15) is 0 Å². The number of anilines is 1. The molecule has 0 unspecified atom stereocenters. The molecule has 3 nitrogen and oxygen atoms in total. The Morgan fingerprint density at radius 3 is 2.29 bits per heavy atom. The van der Waals surface area contributed by atoms with E-state index in [1.165, 1.54) is 17.5 Å². The average molecular weight is 283 g/mol. The van der Waals surface area contributed by atoms with Gasteiger partial charge in [-0.2, -0.15) is 0 Å². The maximum Gasteiger partial charge on any atom is 0.133 e. The summed E-state index contributed by atoms with van der Waals surface area (Å²) >= 11 is 0. The molecule has 3 heteroatoms. The molecule has 0 aliphatic rings. The third-order valence-corrected chi connectivity index (χ3v) is 3.62. The van der Waals surface area contributed by atoms with Crippen molar-refractivity contribution in [1.29, 1.82) is 0 Å². The zero-order valence-electron chi connectivity index (χ0n) is 13.5. The normalized spacial score (nSPS) is 10.7. The van der Waals surface area contributed by atoms with E-state index in [0.29, 0.717) is 0 Å². The molecule has 112 valence electrons. The van der Waals surface area contributed by atoms with Crippen LogP contribution in [-0.2, 0) is 12.8 Å². The Morgan fingerprint density at radius 1 is 1.00 bits per heavy atom. The lowest BCUT2D eigenvalue weighted by atomic mass is 10.0. The predicted molar refractivity (Wildman–Crippen MR) is 89.7 cm³/mol. The van der Waals surface area contributed by atoms with Gasteiger partial charge >= 0.3 is 0 Å². The molecule has 21 heavy (non-hydrogen) atoms. The first-order valence-electron chi connectivity index (χ1n) is 7.90. The standard InChI is InChI=1S/C18H25N3/c1-5-8-14-9-11-15(12-10-14)17-13(4)18(19-7-3)21-16(6-2)20-17/h9-12H,5-8H2,1-4H3,(H,19,20,21). The van der Waals surface area contributed by atoms with E-state index in [0.717, 1.165) is 42.3 Å². The summed E-state index contributed by atoms with van der Waals surface area (Å²) in [6, 6.07) is 8.77. The van der Waals surface area contributed by atoms with Crippen molar-refractivity contribution in [1.82, 2.24) is 9.97 Å². The number of aryl methyl sites for hydroxylation is 2. The van der Waals surface area contributed by atoms with Gasteiger partial charge in [0.15, 0.2) is 0 Å². The third kappa shape index (κ3) is 3.60. The van der Waals surface area contributed by atoms with Gasteiger partial charge < -0.3 is 5.32 Å². The van der Waals surface area contributed by atoms with Crippen LogP contribution in [0.4, 0.5) is 5.82 Å². The minimum atomic E-state index is 0.847. The molecule has 1 aromatic heterocycles. The van der Waals surface area contributed by atoms with Crippen molar-refractivity contribution in [3.8, 4) is 11.3 Å². The molecule has 0 aliphatic carbocycles. The molecule has 0 bridgehead atoms. The molecule has 0 amide bonds. The van der Waals surface area contributed by atoms with Gasteiger partial charge in [0.25, 0.3) is 0 Å². The molecule has 1 aromatic carbocycles. The topological polar surface area (TPSA) is 37.8 Å². The van der Waals surface area contributed by atoms with Crippen molar-refractivity contribution in [2.75, 3.05) is 11.9 Å². The van der Waals surface area contributed by atoms with E-state index < -0.39 is 0 Å². The van der Waals surface area contributed by atoms with Gasteiger partial charge in [-0.3, -0.25) is 0 Å². The van der Waals surface area contributed by atoms with Crippen molar-refractivity contribution in [2.45, 2.75) is 47.0 Å².